The van der Waals surface area contributed by atoms with E-state index in [1.807, 2.05) is 6.07 Å². The zero-order valence-corrected chi connectivity index (χ0v) is 15.8. The zero-order chi connectivity index (χ0) is 17.3. The maximum absolute atomic E-state index is 6.20. The van der Waals surface area contributed by atoms with Crippen LogP contribution in [0.25, 0.3) is 0 Å². The van der Waals surface area contributed by atoms with Crippen molar-refractivity contribution in [2.45, 2.75) is 18.4 Å². The van der Waals surface area contributed by atoms with E-state index in [1.165, 1.54) is 22.4 Å². The summed E-state index contributed by atoms with van der Waals surface area (Å²) in [6.45, 7) is 1.78. The first-order valence-corrected chi connectivity index (χ1v) is 9.94. The molecule has 3 aliphatic rings. The number of fused-ring (bicyclic) bond motifs is 4. The monoisotopic (exact) mass is 407 g/mol. The first-order valence-electron chi connectivity index (χ1n) is 9.15. The van der Waals surface area contributed by atoms with Gasteiger partial charge in [0, 0.05) is 28.2 Å². The van der Waals surface area contributed by atoms with Crippen LogP contribution in [0, 0.1) is 5.92 Å². The predicted molar refractivity (Wildman–Crippen MR) is 104 cm³/mol. The molecule has 0 amide bonds. The number of rotatable bonds is 1. The third kappa shape index (κ3) is 1.94. The van der Waals surface area contributed by atoms with Crippen molar-refractivity contribution in [3.8, 4) is 5.75 Å². The molecule has 0 spiro atoms. The second-order valence-corrected chi connectivity index (χ2v) is 8.31. The minimum atomic E-state index is 0.212. The van der Waals surface area contributed by atoms with Crippen molar-refractivity contribution >= 4 is 21.6 Å². The van der Waals surface area contributed by atoms with Gasteiger partial charge in [-0.25, -0.2) is 0 Å². The lowest BCUT2D eigenvalue weighted by Gasteiger charge is -2.48. The summed E-state index contributed by atoms with van der Waals surface area (Å²) in [5.41, 5.74) is 5.52. The molecular weight excluding hydrogens is 390 g/mol. The Morgan fingerprint density at radius 1 is 1.04 bits per heavy atom. The van der Waals surface area contributed by atoms with Gasteiger partial charge >= 0.3 is 0 Å². The lowest BCUT2D eigenvalue weighted by atomic mass is 9.72. The van der Waals surface area contributed by atoms with Gasteiger partial charge in [0.2, 0.25) is 0 Å². The molecule has 6 rings (SSSR count). The largest absolute Gasteiger partial charge is 0.493 e. The van der Waals surface area contributed by atoms with Crippen LogP contribution >= 0.6 is 15.9 Å². The standard InChI is InChI=1S/C22H18BrNO2/c23-14-10-13-7-8-24-21(13)16(11-14)20(19-6-3-9-25-19)17-12-26-18-5-2-1-4-15(18)22(17)24/h1-6,9-11,17,20,22H,7-8,12H2/t17-,20+,22+/m0/s1. The number of hydrogen-bond donors (Lipinski definition) is 0. The van der Waals surface area contributed by atoms with Gasteiger partial charge in [0.25, 0.3) is 0 Å². The van der Waals surface area contributed by atoms with Crippen LogP contribution in [0.15, 0.2) is 63.7 Å². The molecule has 4 heteroatoms. The van der Waals surface area contributed by atoms with Crippen molar-refractivity contribution in [1.82, 2.24) is 0 Å². The minimum absolute atomic E-state index is 0.212. The van der Waals surface area contributed by atoms with E-state index >= 15 is 0 Å². The Balaban J connectivity index is 1.63. The molecule has 0 saturated heterocycles. The SMILES string of the molecule is Brc1cc2c3c(c1)[C@@H](c1ccco1)[C@@H]1COc4ccccc4[C@H]1N3CC2. The van der Waals surface area contributed by atoms with Gasteiger partial charge in [-0.15, -0.1) is 0 Å². The van der Waals surface area contributed by atoms with E-state index in [2.05, 4.69) is 63.3 Å². The topological polar surface area (TPSA) is 25.6 Å². The summed E-state index contributed by atoms with van der Waals surface area (Å²) in [5.74, 6) is 2.61. The molecule has 3 nitrogen and oxygen atoms in total. The molecule has 0 bridgehead atoms. The van der Waals surface area contributed by atoms with Gasteiger partial charge < -0.3 is 14.1 Å². The number of benzene rings is 2. The molecule has 3 aliphatic heterocycles. The fourth-order valence-corrected chi connectivity index (χ4v) is 5.72. The minimum Gasteiger partial charge on any atom is -0.493 e. The third-order valence-electron chi connectivity index (χ3n) is 6.12. The van der Waals surface area contributed by atoms with Crippen LogP contribution in [0.1, 0.15) is 34.4 Å². The van der Waals surface area contributed by atoms with E-state index in [9.17, 15) is 0 Å². The van der Waals surface area contributed by atoms with Crippen molar-refractivity contribution in [1.29, 1.82) is 0 Å². The van der Waals surface area contributed by atoms with Crippen LogP contribution in [0.2, 0.25) is 0 Å². The molecule has 0 N–H and O–H groups in total. The van der Waals surface area contributed by atoms with E-state index in [1.54, 1.807) is 6.26 Å². The zero-order valence-electron chi connectivity index (χ0n) is 14.2. The second-order valence-electron chi connectivity index (χ2n) is 7.40. The Hall–Kier alpha value is -2.20. The average Bonchev–Trinajstić information content (AvgIpc) is 3.32. The molecule has 0 fully saturated rings. The van der Waals surface area contributed by atoms with Gasteiger partial charge in [0.05, 0.1) is 24.8 Å². The van der Waals surface area contributed by atoms with Crippen LogP contribution in [-0.2, 0) is 6.42 Å². The molecule has 0 aliphatic carbocycles. The molecule has 3 atom stereocenters. The molecule has 0 radical (unpaired) electrons. The lowest BCUT2D eigenvalue weighted by molar-refractivity contribution is 0.163. The van der Waals surface area contributed by atoms with E-state index in [0.29, 0.717) is 18.6 Å². The number of hydrogen-bond acceptors (Lipinski definition) is 3. The smallest absolute Gasteiger partial charge is 0.124 e. The van der Waals surface area contributed by atoms with E-state index in [0.717, 1.165) is 28.9 Å². The van der Waals surface area contributed by atoms with Crippen molar-refractivity contribution in [3.63, 3.8) is 0 Å². The Kier molecular flexibility index (Phi) is 3.10. The van der Waals surface area contributed by atoms with Crippen molar-refractivity contribution in [2.24, 2.45) is 5.92 Å². The Morgan fingerprint density at radius 3 is 2.85 bits per heavy atom. The number of nitrogens with zero attached hydrogens (tertiary/aromatic N) is 1. The summed E-state index contributed by atoms with van der Waals surface area (Å²) in [6, 6.07) is 17.5. The maximum atomic E-state index is 6.20. The molecular formula is C22H18BrNO2. The van der Waals surface area contributed by atoms with Gasteiger partial charge in [-0.2, -0.15) is 0 Å². The summed E-state index contributed by atoms with van der Waals surface area (Å²) >= 11 is 3.72. The predicted octanol–water partition coefficient (Wildman–Crippen LogP) is 5.30. The molecule has 0 unspecified atom stereocenters. The molecule has 0 saturated carbocycles. The highest BCUT2D eigenvalue weighted by Gasteiger charge is 2.49. The van der Waals surface area contributed by atoms with Crippen molar-refractivity contribution in [3.05, 3.63) is 81.7 Å². The third-order valence-corrected chi connectivity index (χ3v) is 6.57. The Labute approximate surface area is 160 Å². The van der Waals surface area contributed by atoms with Crippen LogP contribution in [0.5, 0.6) is 5.75 Å². The molecule has 130 valence electrons. The van der Waals surface area contributed by atoms with Gasteiger partial charge in [0.1, 0.15) is 11.5 Å². The first kappa shape index (κ1) is 14.9. The van der Waals surface area contributed by atoms with Crippen LogP contribution in [-0.4, -0.2) is 13.2 Å². The fourth-order valence-electron chi connectivity index (χ4n) is 5.19. The van der Waals surface area contributed by atoms with E-state index in [4.69, 9.17) is 9.15 Å². The summed E-state index contributed by atoms with van der Waals surface area (Å²) in [4.78, 5) is 2.61. The normalized spacial score (nSPS) is 25.3. The Morgan fingerprint density at radius 2 is 1.96 bits per heavy atom. The van der Waals surface area contributed by atoms with Gasteiger partial charge in [-0.05, 0) is 47.9 Å². The molecule has 3 aromatic rings. The number of halogens is 1. The lowest BCUT2D eigenvalue weighted by Crippen LogP contribution is -2.44. The van der Waals surface area contributed by atoms with E-state index < -0.39 is 0 Å². The van der Waals surface area contributed by atoms with Crippen molar-refractivity contribution < 1.29 is 9.15 Å². The summed E-state index contributed by atoms with van der Waals surface area (Å²) in [7, 11) is 0. The summed E-state index contributed by atoms with van der Waals surface area (Å²) < 4.78 is 13.3. The second kappa shape index (κ2) is 5.40. The first-order chi connectivity index (χ1) is 12.8. The van der Waals surface area contributed by atoms with Crippen LogP contribution in [0.3, 0.4) is 0 Å². The Bertz CT molecular complexity index is 997. The van der Waals surface area contributed by atoms with E-state index in [-0.39, 0.29) is 5.92 Å². The van der Waals surface area contributed by atoms with Crippen LogP contribution < -0.4 is 9.64 Å². The maximum Gasteiger partial charge on any atom is 0.124 e. The molecule has 26 heavy (non-hydrogen) atoms. The van der Waals surface area contributed by atoms with Gasteiger partial charge in [0.15, 0.2) is 0 Å². The molecule has 1 aromatic heterocycles. The molecule has 4 heterocycles. The number of anilines is 1. The molecule has 2 aromatic carbocycles. The van der Waals surface area contributed by atoms with Crippen LogP contribution in [0.4, 0.5) is 5.69 Å². The quantitative estimate of drug-likeness (QED) is 0.547. The fraction of sp³-hybridized carbons (Fsp3) is 0.273. The highest BCUT2D eigenvalue weighted by Crippen LogP contribution is 2.57. The average molecular weight is 408 g/mol. The highest BCUT2D eigenvalue weighted by molar-refractivity contribution is 9.10. The summed E-state index contributed by atoms with van der Waals surface area (Å²) in [5, 5.41) is 0. The van der Waals surface area contributed by atoms with Gasteiger partial charge in [-0.1, -0.05) is 34.1 Å². The summed E-state index contributed by atoms with van der Waals surface area (Å²) in [6.07, 6.45) is 2.88. The van der Waals surface area contributed by atoms with Gasteiger partial charge in [-0.3, -0.25) is 0 Å². The van der Waals surface area contributed by atoms with Crippen molar-refractivity contribution in [2.75, 3.05) is 18.1 Å². The number of para-hydroxylation sites is 1. The number of ether oxygens (including phenoxy) is 1. The highest BCUT2D eigenvalue weighted by atomic mass is 79.9. The number of furan rings is 1.